The molecule has 1 N–H and O–H groups in total. The Hall–Kier alpha value is -1.89. The second kappa shape index (κ2) is 9.35. The first-order valence-electron chi connectivity index (χ1n) is 9.50. The maximum absolute atomic E-state index is 14.1. The van der Waals surface area contributed by atoms with Crippen molar-refractivity contribution in [3.8, 4) is 0 Å². The summed E-state index contributed by atoms with van der Waals surface area (Å²) in [5.41, 5.74) is 0.369. The van der Waals surface area contributed by atoms with Crippen LogP contribution in [0.4, 0.5) is 4.39 Å². The third-order valence-corrected chi connectivity index (χ3v) is 6.20. The smallest absolute Gasteiger partial charge is 0.239 e. The van der Waals surface area contributed by atoms with Crippen LogP contribution in [0.2, 0.25) is 0 Å². The van der Waals surface area contributed by atoms with E-state index in [4.69, 9.17) is 0 Å². The van der Waals surface area contributed by atoms with E-state index in [1.807, 2.05) is 0 Å². The minimum atomic E-state index is -0.434. The molecule has 5 nitrogen and oxygen atoms in total. The first kappa shape index (κ1) is 19.9. The number of nitrogens with zero attached hydrogens (tertiary/aromatic N) is 1. The summed E-state index contributed by atoms with van der Waals surface area (Å²) in [5, 5.41) is 3.00. The summed E-state index contributed by atoms with van der Waals surface area (Å²) in [5.74, 6) is -0.883. The lowest BCUT2D eigenvalue weighted by atomic mass is 9.95. The number of carbonyl (C=O) groups is 3. The van der Waals surface area contributed by atoms with Crippen LogP contribution in [0.25, 0.3) is 0 Å². The van der Waals surface area contributed by atoms with Crippen LogP contribution in [0.3, 0.4) is 0 Å². The number of thioether (sulfide) groups is 1. The average Bonchev–Trinajstić information content (AvgIpc) is 3.09. The van der Waals surface area contributed by atoms with Crippen LogP contribution in [-0.4, -0.2) is 40.2 Å². The number of hydrogen-bond acceptors (Lipinski definition) is 4. The quantitative estimate of drug-likeness (QED) is 0.808. The Balaban J connectivity index is 1.68. The number of hydrogen-bond donors (Lipinski definition) is 1. The molecular formula is C20H25FN2O3S. The summed E-state index contributed by atoms with van der Waals surface area (Å²) in [6, 6.07) is 6.41. The van der Waals surface area contributed by atoms with E-state index in [-0.39, 0.29) is 42.5 Å². The van der Waals surface area contributed by atoms with Gasteiger partial charge in [0.2, 0.25) is 11.8 Å². The SMILES string of the molecule is O=C(CN(Cc1ccccc1F)C(=O)C1CSC(=O)C1)NC1CCCCC1. The van der Waals surface area contributed by atoms with E-state index >= 15 is 0 Å². The van der Waals surface area contributed by atoms with E-state index in [0.717, 1.165) is 37.4 Å². The van der Waals surface area contributed by atoms with E-state index in [2.05, 4.69) is 5.32 Å². The Morgan fingerprint density at radius 1 is 1.19 bits per heavy atom. The molecule has 27 heavy (non-hydrogen) atoms. The van der Waals surface area contributed by atoms with Crippen LogP contribution >= 0.6 is 11.8 Å². The fraction of sp³-hybridized carbons (Fsp3) is 0.550. The van der Waals surface area contributed by atoms with Gasteiger partial charge in [0, 0.05) is 30.3 Å². The molecule has 7 heteroatoms. The molecule has 2 fully saturated rings. The molecule has 1 heterocycles. The zero-order chi connectivity index (χ0) is 19.2. The van der Waals surface area contributed by atoms with Crippen molar-refractivity contribution >= 4 is 28.7 Å². The summed E-state index contributed by atoms with van der Waals surface area (Å²) in [6.07, 6.45) is 5.50. The molecule has 1 aromatic rings. The number of halogens is 1. The molecular weight excluding hydrogens is 367 g/mol. The summed E-state index contributed by atoms with van der Waals surface area (Å²) in [7, 11) is 0. The first-order chi connectivity index (χ1) is 13.0. The Kier molecular flexibility index (Phi) is 6.88. The van der Waals surface area contributed by atoms with Gasteiger partial charge in [-0.25, -0.2) is 4.39 Å². The highest BCUT2D eigenvalue weighted by atomic mass is 32.2. The summed E-state index contributed by atoms with van der Waals surface area (Å²) in [4.78, 5) is 38.3. The molecule has 0 bridgehead atoms. The molecule has 1 unspecified atom stereocenters. The monoisotopic (exact) mass is 392 g/mol. The lowest BCUT2D eigenvalue weighted by Crippen LogP contribution is -2.46. The maximum atomic E-state index is 14.1. The third-order valence-electron chi connectivity index (χ3n) is 5.14. The van der Waals surface area contributed by atoms with Gasteiger partial charge >= 0.3 is 0 Å². The first-order valence-corrected chi connectivity index (χ1v) is 10.5. The highest BCUT2D eigenvalue weighted by Gasteiger charge is 2.33. The van der Waals surface area contributed by atoms with Gasteiger partial charge in [0.05, 0.1) is 12.5 Å². The Bertz CT molecular complexity index is 706. The molecule has 0 spiro atoms. The predicted molar refractivity (Wildman–Crippen MR) is 102 cm³/mol. The van der Waals surface area contributed by atoms with Crippen molar-refractivity contribution in [2.24, 2.45) is 5.92 Å². The summed E-state index contributed by atoms with van der Waals surface area (Å²) < 4.78 is 14.1. The Labute approximate surface area is 163 Å². The van der Waals surface area contributed by atoms with Crippen LogP contribution < -0.4 is 5.32 Å². The second-order valence-electron chi connectivity index (χ2n) is 7.27. The van der Waals surface area contributed by atoms with Gasteiger partial charge in [-0.2, -0.15) is 0 Å². The van der Waals surface area contributed by atoms with Gasteiger partial charge in [-0.15, -0.1) is 0 Å². The minimum absolute atomic E-state index is 0.00847. The normalized spacial score (nSPS) is 20.5. The molecule has 1 saturated carbocycles. The second-order valence-corrected chi connectivity index (χ2v) is 8.35. The van der Waals surface area contributed by atoms with Gasteiger partial charge in [0.1, 0.15) is 5.82 Å². The lowest BCUT2D eigenvalue weighted by Gasteiger charge is -2.27. The van der Waals surface area contributed by atoms with Gasteiger partial charge in [0.25, 0.3) is 0 Å². The highest BCUT2D eigenvalue weighted by Crippen LogP contribution is 2.27. The van der Waals surface area contributed by atoms with Gasteiger partial charge in [-0.3, -0.25) is 14.4 Å². The molecule has 2 aliphatic rings. The molecule has 1 saturated heterocycles. The average molecular weight is 392 g/mol. The van der Waals surface area contributed by atoms with Crippen molar-refractivity contribution in [3.63, 3.8) is 0 Å². The zero-order valence-electron chi connectivity index (χ0n) is 15.3. The minimum Gasteiger partial charge on any atom is -0.352 e. The fourth-order valence-corrected chi connectivity index (χ4v) is 4.63. The molecule has 2 amide bonds. The van der Waals surface area contributed by atoms with Gasteiger partial charge in [-0.1, -0.05) is 49.2 Å². The molecule has 1 aliphatic heterocycles. The van der Waals surface area contributed by atoms with Crippen molar-refractivity contribution in [2.75, 3.05) is 12.3 Å². The number of nitrogens with one attached hydrogen (secondary N) is 1. The number of carbonyl (C=O) groups excluding carboxylic acids is 3. The van der Waals surface area contributed by atoms with E-state index < -0.39 is 11.7 Å². The molecule has 1 aromatic carbocycles. The van der Waals surface area contributed by atoms with E-state index in [1.165, 1.54) is 17.4 Å². The van der Waals surface area contributed by atoms with Crippen LogP contribution in [0.5, 0.6) is 0 Å². The van der Waals surface area contributed by atoms with Crippen LogP contribution in [0, 0.1) is 11.7 Å². The molecule has 1 atom stereocenters. The van der Waals surface area contributed by atoms with Gasteiger partial charge in [-0.05, 0) is 18.9 Å². The summed E-state index contributed by atoms with van der Waals surface area (Å²) >= 11 is 1.15. The Morgan fingerprint density at radius 2 is 1.93 bits per heavy atom. The van der Waals surface area contributed by atoms with Gasteiger partial charge < -0.3 is 10.2 Å². The van der Waals surface area contributed by atoms with Crippen LogP contribution in [0.15, 0.2) is 24.3 Å². The third kappa shape index (κ3) is 5.54. The maximum Gasteiger partial charge on any atom is 0.239 e. The zero-order valence-corrected chi connectivity index (χ0v) is 16.1. The molecule has 3 rings (SSSR count). The van der Waals surface area contributed by atoms with Crippen molar-refractivity contribution in [2.45, 2.75) is 51.1 Å². The van der Waals surface area contributed by atoms with Crippen molar-refractivity contribution < 1.29 is 18.8 Å². The topological polar surface area (TPSA) is 66.5 Å². The van der Waals surface area contributed by atoms with Crippen LogP contribution in [-0.2, 0) is 20.9 Å². The highest BCUT2D eigenvalue weighted by molar-refractivity contribution is 8.14. The predicted octanol–water partition coefficient (Wildman–Crippen LogP) is 2.88. The van der Waals surface area contributed by atoms with E-state index in [1.54, 1.807) is 18.2 Å². The Morgan fingerprint density at radius 3 is 2.59 bits per heavy atom. The van der Waals surface area contributed by atoms with Crippen LogP contribution in [0.1, 0.15) is 44.1 Å². The summed E-state index contributed by atoms with van der Waals surface area (Å²) in [6.45, 7) is -0.0853. The molecule has 1 aliphatic carbocycles. The van der Waals surface area contributed by atoms with Crippen molar-refractivity contribution in [3.05, 3.63) is 35.6 Å². The molecule has 0 aromatic heterocycles. The van der Waals surface area contributed by atoms with Crippen molar-refractivity contribution in [1.29, 1.82) is 0 Å². The van der Waals surface area contributed by atoms with E-state index in [9.17, 15) is 18.8 Å². The molecule has 0 radical (unpaired) electrons. The number of amides is 2. The number of rotatable bonds is 6. The lowest BCUT2D eigenvalue weighted by molar-refractivity contribution is -0.140. The number of benzene rings is 1. The van der Waals surface area contributed by atoms with Gasteiger partial charge in [0.15, 0.2) is 5.12 Å². The van der Waals surface area contributed by atoms with E-state index in [0.29, 0.717) is 11.3 Å². The standard InChI is InChI=1S/C20H25FN2O3S/c21-17-9-5-4-6-14(17)11-23(20(26)15-10-19(25)27-13-15)12-18(24)22-16-7-2-1-3-8-16/h4-6,9,15-16H,1-3,7-8,10-13H2,(H,22,24). The van der Waals surface area contributed by atoms with Crippen molar-refractivity contribution in [1.82, 2.24) is 10.2 Å². The fourth-order valence-electron chi connectivity index (χ4n) is 3.67. The molecule has 146 valence electrons. The largest absolute Gasteiger partial charge is 0.352 e.